The molecule has 2 aliphatic rings. The summed E-state index contributed by atoms with van der Waals surface area (Å²) >= 11 is 0. The topological polar surface area (TPSA) is 93.7 Å². The third kappa shape index (κ3) is 2.85. The van der Waals surface area contributed by atoms with Gasteiger partial charge >= 0.3 is 0 Å². The number of nitrogens with two attached hydrogens (primary N) is 1. The SMILES string of the molecule is NNc1ccc(CN2CCOC3CCCC32)cc1[N+](=O)[O-]. The van der Waals surface area contributed by atoms with Crippen LogP contribution < -0.4 is 11.3 Å². The van der Waals surface area contributed by atoms with Gasteiger partial charge in [-0.1, -0.05) is 6.07 Å². The summed E-state index contributed by atoms with van der Waals surface area (Å²) in [6.45, 7) is 2.34. The summed E-state index contributed by atoms with van der Waals surface area (Å²) in [5.74, 6) is 5.31. The lowest BCUT2D eigenvalue weighted by Crippen LogP contribution is -2.47. The Bertz CT molecular complexity index is 537. The maximum atomic E-state index is 11.1. The highest BCUT2D eigenvalue weighted by Crippen LogP contribution is 2.32. The lowest BCUT2D eigenvalue weighted by atomic mass is 10.1. The van der Waals surface area contributed by atoms with E-state index >= 15 is 0 Å². The van der Waals surface area contributed by atoms with Gasteiger partial charge in [0.1, 0.15) is 5.69 Å². The summed E-state index contributed by atoms with van der Waals surface area (Å²) in [4.78, 5) is 13.1. The van der Waals surface area contributed by atoms with Gasteiger partial charge in [0.25, 0.3) is 5.69 Å². The van der Waals surface area contributed by atoms with Crippen LogP contribution in [0.2, 0.25) is 0 Å². The first-order valence-corrected chi connectivity index (χ1v) is 7.28. The van der Waals surface area contributed by atoms with Crippen molar-refractivity contribution < 1.29 is 9.66 Å². The molecule has 0 aromatic heterocycles. The molecular formula is C14H20N4O3. The van der Waals surface area contributed by atoms with Gasteiger partial charge in [0.05, 0.1) is 17.6 Å². The van der Waals surface area contributed by atoms with Crippen molar-refractivity contribution in [1.29, 1.82) is 0 Å². The molecule has 0 bridgehead atoms. The van der Waals surface area contributed by atoms with E-state index in [1.165, 1.54) is 6.42 Å². The fraction of sp³-hybridized carbons (Fsp3) is 0.571. The van der Waals surface area contributed by atoms with Gasteiger partial charge in [-0.25, -0.2) is 0 Å². The summed E-state index contributed by atoms with van der Waals surface area (Å²) in [5, 5.41) is 11.1. The zero-order valence-electron chi connectivity index (χ0n) is 11.8. The molecule has 0 spiro atoms. The highest BCUT2D eigenvalue weighted by atomic mass is 16.6. The second-order valence-corrected chi connectivity index (χ2v) is 5.63. The van der Waals surface area contributed by atoms with E-state index in [0.29, 0.717) is 17.8 Å². The van der Waals surface area contributed by atoms with Gasteiger partial charge in [0.2, 0.25) is 0 Å². The number of nitrogens with zero attached hydrogens (tertiary/aromatic N) is 2. The molecule has 1 aromatic carbocycles. The van der Waals surface area contributed by atoms with Gasteiger partial charge in [0, 0.05) is 25.2 Å². The molecule has 3 N–H and O–H groups in total. The van der Waals surface area contributed by atoms with E-state index in [1.807, 2.05) is 6.07 Å². The molecule has 1 heterocycles. The van der Waals surface area contributed by atoms with Crippen LogP contribution in [0.3, 0.4) is 0 Å². The first-order chi connectivity index (χ1) is 10.2. The summed E-state index contributed by atoms with van der Waals surface area (Å²) in [5.41, 5.74) is 3.66. The number of benzene rings is 1. The van der Waals surface area contributed by atoms with E-state index in [2.05, 4.69) is 10.3 Å². The van der Waals surface area contributed by atoms with Crippen molar-refractivity contribution in [2.24, 2.45) is 5.84 Å². The van der Waals surface area contributed by atoms with Crippen LogP contribution in [0, 0.1) is 10.1 Å². The number of nitrogens with one attached hydrogen (secondary N) is 1. The molecule has 1 aromatic rings. The molecule has 1 saturated carbocycles. The first-order valence-electron chi connectivity index (χ1n) is 7.28. The van der Waals surface area contributed by atoms with Crippen LogP contribution in [-0.2, 0) is 11.3 Å². The fourth-order valence-electron chi connectivity index (χ4n) is 3.39. The van der Waals surface area contributed by atoms with E-state index in [-0.39, 0.29) is 5.69 Å². The first kappa shape index (κ1) is 14.2. The Hall–Kier alpha value is -1.70. The van der Waals surface area contributed by atoms with Crippen molar-refractivity contribution in [3.8, 4) is 0 Å². The number of nitro benzene ring substituents is 1. The van der Waals surface area contributed by atoms with Crippen molar-refractivity contribution in [3.05, 3.63) is 33.9 Å². The Morgan fingerprint density at radius 2 is 2.33 bits per heavy atom. The molecule has 1 saturated heterocycles. The summed E-state index contributed by atoms with van der Waals surface area (Å²) in [6.07, 6.45) is 3.80. The molecule has 0 radical (unpaired) electrons. The van der Waals surface area contributed by atoms with Crippen LogP contribution in [0.4, 0.5) is 11.4 Å². The molecule has 2 atom stereocenters. The Balaban J connectivity index is 1.78. The minimum absolute atomic E-state index is 0.0197. The zero-order chi connectivity index (χ0) is 14.8. The third-order valence-electron chi connectivity index (χ3n) is 4.40. The number of morpholine rings is 1. The molecule has 7 nitrogen and oxygen atoms in total. The van der Waals surface area contributed by atoms with E-state index in [9.17, 15) is 10.1 Å². The standard InChI is InChI=1S/C14H20N4O3/c15-16-11-5-4-10(8-13(11)18(19)20)9-17-6-7-21-14-3-1-2-12(14)17/h4-5,8,12,14,16H,1-3,6-7,9,15H2. The van der Waals surface area contributed by atoms with Crippen molar-refractivity contribution in [2.75, 3.05) is 18.6 Å². The quantitative estimate of drug-likeness (QED) is 0.498. The predicted octanol–water partition coefficient (Wildman–Crippen LogP) is 1.63. The van der Waals surface area contributed by atoms with Crippen molar-refractivity contribution >= 4 is 11.4 Å². The van der Waals surface area contributed by atoms with Gasteiger partial charge in [-0.05, 0) is 30.9 Å². The molecular weight excluding hydrogens is 272 g/mol. The lowest BCUT2D eigenvalue weighted by molar-refractivity contribution is -0.384. The Kier molecular flexibility index (Phi) is 4.05. The number of rotatable bonds is 4. The Morgan fingerprint density at radius 1 is 1.48 bits per heavy atom. The maximum absolute atomic E-state index is 11.1. The van der Waals surface area contributed by atoms with E-state index < -0.39 is 4.92 Å². The fourth-order valence-corrected chi connectivity index (χ4v) is 3.39. The third-order valence-corrected chi connectivity index (χ3v) is 4.40. The largest absolute Gasteiger partial charge is 0.375 e. The van der Waals surface area contributed by atoms with E-state index in [0.717, 1.165) is 38.1 Å². The molecule has 1 aliphatic heterocycles. The number of anilines is 1. The number of fused-ring (bicyclic) bond motifs is 1. The van der Waals surface area contributed by atoms with E-state index in [4.69, 9.17) is 10.6 Å². The average Bonchev–Trinajstić information content (AvgIpc) is 2.96. The van der Waals surface area contributed by atoms with Crippen LogP contribution >= 0.6 is 0 Å². The molecule has 21 heavy (non-hydrogen) atoms. The zero-order valence-corrected chi connectivity index (χ0v) is 11.8. The number of hydrazine groups is 1. The van der Waals surface area contributed by atoms with Gasteiger partial charge in [-0.2, -0.15) is 0 Å². The summed E-state index contributed by atoms with van der Waals surface area (Å²) in [6, 6.07) is 5.61. The van der Waals surface area contributed by atoms with Crippen molar-refractivity contribution in [1.82, 2.24) is 4.90 Å². The van der Waals surface area contributed by atoms with Crippen molar-refractivity contribution in [3.63, 3.8) is 0 Å². The predicted molar refractivity (Wildman–Crippen MR) is 78.7 cm³/mol. The molecule has 3 rings (SSSR count). The smallest absolute Gasteiger partial charge is 0.293 e. The minimum atomic E-state index is -0.406. The number of nitro groups is 1. The van der Waals surface area contributed by atoms with E-state index in [1.54, 1.807) is 12.1 Å². The maximum Gasteiger partial charge on any atom is 0.293 e. The summed E-state index contributed by atoms with van der Waals surface area (Å²) in [7, 11) is 0. The summed E-state index contributed by atoms with van der Waals surface area (Å²) < 4.78 is 5.79. The number of hydrogen-bond acceptors (Lipinski definition) is 6. The van der Waals surface area contributed by atoms with Crippen LogP contribution in [0.25, 0.3) is 0 Å². The second kappa shape index (κ2) is 5.97. The number of nitrogen functional groups attached to an aromatic ring is 1. The monoisotopic (exact) mass is 292 g/mol. The molecule has 0 amide bonds. The molecule has 114 valence electrons. The second-order valence-electron chi connectivity index (χ2n) is 5.63. The van der Waals surface area contributed by atoms with Gasteiger partial charge < -0.3 is 10.2 Å². The van der Waals surface area contributed by atoms with Gasteiger partial charge in [-0.3, -0.25) is 20.9 Å². The molecule has 1 aliphatic carbocycles. The van der Waals surface area contributed by atoms with Crippen molar-refractivity contribution in [2.45, 2.75) is 38.0 Å². The molecule has 2 fully saturated rings. The molecule has 7 heteroatoms. The highest BCUT2D eigenvalue weighted by Gasteiger charge is 2.35. The average molecular weight is 292 g/mol. The molecule has 2 unspecified atom stereocenters. The van der Waals surface area contributed by atoms with Crippen LogP contribution in [0.1, 0.15) is 24.8 Å². The van der Waals surface area contributed by atoms with Crippen LogP contribution in [0.5, 0.6) is 0 Å². The number of hydrogen-bond donors (Lipinski definition) is 2. The normalized spacial score (nSPS) is 25.6. The highest BCUT2D eigenvalue weighted by molar-refractivity contribution is 5.61. The Morgan fingerprint density at radius 3 is 3.10 bits per heavy atom. The lowest BCUT2D eigenvalue weighted by Gasteiger charge is -2.37. The van der Waals surface area contributed by atoms with Crippen LogP contribution in [-0.4, -0.2) is 35.1 Å². The van der Waals surface area contributed by atoms with Gasteiger partial charge in [-0.15, -0.1) is 0 Å². The Labute approximate surface area is 123 Å². The number of ether oxygens (including phenoxy) is 1. The van der Waals surface area contributed by atoms with Gasteiger partial charge in [0.15, 0.2) is 0 Å². The van der Waals surface area contributed by atoms with Crippen LogP contribution in [0.15, 0.2) is 18.2 Å². The minimum Gasteiger partial charge on any atom is -0.375 e.